The van der Waals surface area contributed by atoms with E-state index in [1.165, 1.54) is 10.1 Å². The second-order valence-corrected chi connectivity index (χ2v) is 7.54. The Kier molecular flexibility index (Phi) is 6.08. The number of nitrogen functional groups attached to an aromatic ring is 1. The van der Waals surface area contributed by atoms with Crippen LogP contribution in [0.15, 0.2) is 77.1 Å². The van der Waals surface area contributed by atoms with E-state index in [1.54, 1.807) is 24.4 Å². The summed E-state index contributed by atoms with van der Waals surface area (Å²) in [7, 11) is 0. The van der Waals surface area contributed by atoms with E-state index < -0.39 is 0 Å². The minimum absolute atomic E-state index is 0.116. The van der Waals surface area contributed by atoms with Crippen molar-refractivity contribution in [2.45, 2.75) is 12.1 Å². The number of hydrogen-bond acceptors (Lipinski definition) is 8. The summed E-state index contributed by atoms with van der Waals surface area (Å²) < 4.78 is 1.26. The number of carbonyl (C=O) groups is 1. The molecular weight excluding hydrogens is 412 g/mol. The Morgan fingerprint density at radius 1 is 1.10 bits per heavy atom. The van der Waals surface area contributed by atoms with Crippen LogP contribution < -0.4 is 16.6 Å². The number of anilines is 2. The van der Waals surface area contributed by atoms with E-state index >= 15 is 0 Å². The predicted molar refractivity (Wildman–Crippen MR) is 124 cm³/mol. The highest BCUT2D eigenvalue weighted by Crippen LogP contribution is 2.18. The number of thioether (sulfide) groups is 1. The van der Waals surface area contributed by atoms with Gasteiger partial charge in [-0.1, -0.05) is 54.2 Å². The summed E-state index contributed by atoms with van der Waals surface area (Å²) in [5.74, 6) is 6.70. The van der Waals surface area contributed by atoms with Gasteiger partial charge >= 0.3 is 0 Å². The Labute approximate surface area is 182 Å². The lowest BCUT2D eigenvalue weighted by Crippen LogP contribution is -2.17. The van der Waals surface area contributed by atoms with Crippen LogP contribution in [0.5, 0.6) is 0 Å². The second-order valence-electron chi connectivity index (χ2n) is 6.60. The first-order valence-corrected chi connectivity index (χ1v) is 10.4. The van der Waals surface area contributed by atoms with Crippen molar-refractivity contribution in [3.63, 3.8) is 0 Å². The molecule has 0 aliphatic rings. The maximum Gasteiger partial charge on any atom is 0.264 e. The molecule has 0 unspecified atom stereocenters. The van der Waals surface area contributed by atoms with Gasteiger partial charge in [-0.25, -0.2) is 15.1 Å². The fourth-order valence-corrected chi connectivity index (χ4v) is 3.47. The van der Waals surface area contributed by atoms with E-state index in [1.807, 2.05) is 25.1 Å². The molecule has 0 atom stereocenters. The van der Waals surface area contributed by atoms with Crippen LogP contribution in [0, 0.1) is 0 Å². The van der Waals surface area contributed by atoms with Gasteiger partial charge in [0.25, 0.3) is 5.95 Å². The van der Waals surface area contributed by atoms with Crippen molar-refractivity contribution in [2.75, 3.05) is 22.3 Å². The standard InChI is InChI=1S/C21H20N8OS/c1-14(16-10-9-15-6-2-3-7-17(15)12-16)25-26-20-27-28-21(29(20)22)31-13-19(30)24-18-8-4-5-11-23-18/h2-12H,13,22H2,1H3,(H,26,27)(H,23,24,30)/b25-14+. The minimum Gasteiger partial charge on any atom is -0.334 e. The van der Waals surface area contributed by atoms with Crippen molar-refractivity contribution in [3.8, 4) is 0 Å². The molecule has 4 aromatic rings. The molecule has 0 fully saturated rings. The molecule has 9 nitrogen and oxygen atoms in total. The summed E-state index contributed by atoms with van der Waals surface area (Å²) >= 11 is 1.16. The third-order valence-electron chi connectivity index (χ3n) is 4.42. The molecule has 0 saturated carbocycles. The molecule has 1 amide bonds. The van der Waals surface area contributed by atoms with Crippen LogP contribution in [0.1, 0.15) is 12.5 Å². The normalized spacial score (nSPS) is 11.5. The lowest BCUT2D eigenvalue weighted by atomic mass is 10.0. The molecule has 31 heavy (non-hydrogen) atoms. The third kappa shape index (κ3) is 4.98. The van der Waals surface area contributed by atoms with E-state index in [0.717, 1.165) is 28.4 Å². The molecule has 2 heterocycles. The topological polar surface area (TPSA) is 123 Å². The molecule has 4 rings (SSSR count). The SMILES string of the molecule is C/C(=N\Nc1nnc(SCC(=O)Nc2ccccn2)n1N)c1ccc2ccccc2c1. The fourth-order valence-electron chi connectivity index (χ4n) is 2.81. The number of hydrazone groups is 1. The summed E-state index contributed by atoms with van der Waals surface area (Å²) in [6.45, 7) is 1.89. The molecule has 2 aromatic carbocycles. The van der Waals surface area contributed by atoms with Crippen LogP contribution in [0.25, 0.3) is 10.8 Å². The third-order valence-corrected chi connectivity index (χ3v) is 5.36. The zero-order valence-corrected chi connectivity index (χ0v) is 17.5. The number of benzene rings is 2. The predicted octanol–water partition coefficient (Wildman–Crippen LogP) is 3.11. The van der Waals surface area contributed by atoms with E-state index in [-0.39, 0.29) is 17.6 Å². The Balaban J connectivity index is 1.37. The number of hydrogen-bond donors (Lipinski definition) is 3. The number of fused-ring (bicyclic) bond motifs is 1. The van der Waals surface area contributed by atoms with Gasteiger partial charge in [0.1, 0.15) is 5.82 Å². The zero-order valence-electron chi connectivity index (χ0n) is 16.7. The molecule has 0 spiro atoms. The zero-order chi connectivity index (χ0) is 21.6. The molecule has 0 bridgehead atoms. The highest BCUT2D eigenvalue weighted by molar-refractivity contribution is 7.99. The molecule has 156 valence electrons. The number of rotatable bonds is 7. The molecule has 0 saturated heterocycles. The molecule has 0 radical (unpaired) electrons. The van der Waals surface area contributed by atoms with Crippen molar-refractivity contribution in [3.05, 3.63) is 72.4 Å². The summed E-state index contributed by atoms with van der Waals surface area (Å²) in [4.78, 5) is 16.1. The average molecular weight is 433 g/mol. The number of pyridine rings is 1. The molecule has 0 aliphatic carbocycles. The Morgan fingerprint density at radius 3 is 2.71 bits per heavy atom. The summed E-state index contributed by atoms with van der Waals surface area (Å²) in [5.41, 5.74) is 4.59. The van der Waals surface area contributed by atoms with Gasteiger partial charge in [-0.15, -0.1) is 10.2 Å². The Hall–Kier alpha value is -3.92. The van der Waals surface area contributed by atoms with Crippen LogP contribution in [0.3, 0.4) is 0 Å². The number of aromatic nitrogens is 4. The Bertz CT molecular complexity index is 1240. The number of nitrogens with two attached hydrogens (primary N) is 1. The highest BCUT2D eigenvalue weighted by Gasteiger charge is 2.12. The van der Waals surface area contributed by atoms with Crippen molar-refractivity contribution >= 4 is 45.9 Å². The monoisotopic (exact) mass is 432 g/mol. The molecule has 2 aromatic heterocycles. The average Bonchev–Trinajstić information content (AvgIpc) is 3.15. The summed E-state index contributed by atoms with van der Waals surface area (Å²) in [6, 6.07) is 19.6. The van der Waals surface area contributed by atoms with E-state index in [4.69, 9.17) is 5.84 Å². The Morgan fingerprint density at radius 2 is 1.90 bits per heavy atom. The van der Waals surface area contributed by atoms with Gasteiger partial charge in [0.15, 0.2) is 0 Å². The molecule has 0 aliphatic heterocycles. The lowest BCUT2D eigenvalue weighted by Gasteiger charge is -2.06. The number of amides is 1. The molecular formula is C21H20N8OS. The van der Waals surface area contributed by atoms with Gasteiger partial charge in [0, 0.05) is 6.20 Å². The van der Waals surface area contributed by atoms with Gasteiger partial charge in [-0.05, 0) is 41.5 Å². The van der Waals surface area contributed by atoms with Gasteiger partial charge in [-0.3, -0.25) is 4.79 Å². The lowest BCUT2D eigenvalue weighted by molar-refractivity contribution is -0.113. The molecule has 4 N–H and O–H groups in total. The van der Waals surface area contributed by atoms with Crippen LogP contribution in [-0.4, -0.2) is 37.2 Å². The summed E-state index contributed by atoms with van der Waals surface area (Å²) in [5, 5.41) is 17.8. The number of nitrogens with one attached hydrogen (secondary N) is 2. The largest absolute Gasteiger partial charge is 0.334 e. The van der Waals surface area contributed by atoms with E-state index in [9.17, 15) is 4.79 Å². The minimum atomic E-state index is -0.216. The first kappa shape index (κ1) is 20.4. The van der Waals surface area contributed by atoms with E-state index in [0.29, 0.717) is 11.0 Å². The first-order chi connectivity index (χ1) is 15.1. The van der Waals surface area contributed by atoms with Crippen molar-refractivity contribution < 1.29 is 4.79 Å². The highest BCUT2D eigenvalue weighted by atomic mass is 32.2. The van der Waals surface area contributed by atoms with Crippen LogP contribution in [0.2, 0.25) is 0 Å². The summed E-state index contributed by atoms with van der Waals surface area (Å²) in [6.07, 6.45) is 1.61. The van der Waals surface area contributed by atoms with Crippen LogP contribution in [0.4, 0.5) is 11.8 Å². The maximum absolute atomic E-state index is 12.1. The maximum atomic E-state index is 12.1. The smallest absolute Gasteiger partial charge is 0.264 e. The quantitative estimate of drug-likeness (QED) is 0.177. The fraction of sp³-hybridized carbons (Fsp3) is 0.0952. The van der Waals surface area contributed by atoms with Crippen molar-refractivity contribution in [1.29, 1.82) is 0 Å². The van der Waals surface area contributed by atoms with Crippen molar-refractivity contribution in [1.82, 2.24) is 19.9 Å². The van der Waals surface area contributed by atoms with Gasteiger partial charge in [-0.2, -0.15) is 5.10 Å². The van der Waals surface area contributed by atoms with E-state index in [2.05, 4.69) is 55.3 Å². The number of nitrogens with zero attached hydrogens (tertiary/aromatic N) is 5. The van der Waals surface area contributed by atoms with Crippen LogP contribution in [-0.2, 0) is 4.79 Å². The van der Waals surface area contributed by atoms with Crippen molar-refractivity contribution in [2.24, 2.45) is 5.10 Å². The second kappa shape index (κ2) is 9.26. The van der Waals surface area contributed by atoms with Crippen LogP contribution >= 0.6 is 11.8 Å². The first-order valence-electron chi connectivity index (χ1n) is 9.44. The molecule has 10 heteroatoms. The van der Waals surface area contributed by atoms with Gasteiger partial charge in [0.2, 0.25) is 11.1 Å². The van der Waals surface area contributed by atoms with Gasteiger partial charge in [0.05, 0.1) is 11.5 Å². The van der Waals surface area contributed by atoms with Gasteiger partial charge < -0.3 is 11.2 Å². The number of carbonyl (C=O) groups excluding carboxylic acids is 1.